The van der Waals surface area contributed by atoms with Crippen LogP contribution in [-0.4, -0.2) is 23.9 Å². The maximum Gasteiger partial charge on any atom is 0.227 e. The van der Waals surface area contributed by atoms with Gasteiger partial charge in [0.05, 0.1) is 6.04 Å². The molecule has 2 rings (SSSR count). The molecule has 0 aliphatic carbocycles. The monoisotopic (exact) mass is 232 g/mol. The highest BCUT2D eigenvalue weighted by molar-refractivity contribution is 5.79. The van der Waals surface area contributed by atoms with Crippen LogP contribution in [-0.2, 0) is 4.79 Å². The summed E-state index contributed by atoms with van der Waals surface area (Å²) in [6, 6.07) is 10.5. The first-order valence-electron chi connectivity index (χ1n) is 6.29. The lowest BCUT2D eigenvalue weighted by Gasteiger charge is -2.27. The summed E-state index contributed by atoms with van der Waals surface area (Å²) in [4.78, 5) is 14.2. The fraction of sp³-hybridized carbons (Fsp3) is 0.500. The van der Waals surface area contributed by atoms with Crippen LogP contribution in [0.3, 0.4) is 0 Å². The second kappa shape index (κ2) is 5.32. The van der Waals surface area contributed by atoms with Crippen LogP contribution < -0.4 is 5.73 Å². The van der Waals surface area contributed by atoms with Gasteiger partial charge in [-0.05, 0) is 18.4 Å². The highest BCUT2D eigenvalue weighted by Crippen LogP contribution is 2.32. The van der Waals surface area contributed by atoms with Gasteiger partial charge in [0.1, 0.15) is 0 Å². The third-order valence-electron chi connectivity index (χ3n) is 3.50. The van der Waals surface area contributed by atoms with Crippen molar-refractivity contribution in [2.45, 2.75) is 25.8 Å². The molecule has 1 aliphatic rings. The zero-order valence-electron chi connectivity index (χ0n) is 10.3. The predicted octanol–water partition coefficient (Wildman–Crippen LogP) is 1.94. The lowest BCUT2D eigenvalue weighted by Crippen LogP contribution is -2.37. The summed E-state index contributed by atoms with van der Waals surface area (Å²) in [5, 5.41) is 0. The van der Waals surface area contributed by atoms with Gasteiger partial charge in [-0.1, -0.05) is 37.3 Å². The number of hydrogen-bond acceptors (Lipinski definition) is 2. The van der Waals surface area contributed by atoms with E-state index in [2.05, 4.69) is 12.1 Å². The van der Waals surface area contributed by atoms with Crippen molar-refractivity contribution in [1.82, 2.24) is 4.90 Å². The average Bonchev–Trinajstić information content (AvgIpc) is 2.87. The highest BCUT2D eigenvalue weighted by Gasteiger charge is 2.31. The minimum Gasteiger partial charge on any atom is -0.335 e. The van der Waals surface area contributed by atoms with Crippen LogP contribution in [0.1, 0.15) is 31.4 Å². The number of nitrogens with two attached hydrogens (primary N) is 1. The Kier molecular flexibility index (Phi) is 3.79. The van der Waals surface area contributed by atoms with Crippen molar-refractivity contribution in [2.75, 3.05) is 13.1 Å². The van der Waals surface area contributed by atoms with E-state index < -0.39 is 0 Å². The predicted molar refractivity (Wildman–Crippen MR) is 68.3 cm³/mol. The number of carbonyl (C=O) groups excluding carboxylic acids is 1. The van der Waals surface area contributed by atoms with E-state index in [4.69, 9.17) is 5.73 Å². The van der Waals surface area contributed by atoms with Crippen LogP contribution >= 0.6 is 0 Å². The first-order chi connectivity index (χ1) is 8.24. The van der Waals surface area contributed by atoms with E-state index in [-0.39, 0.29) is 17.9 Å². The largest absolute Gasteiger partial charge is 0.335 e. The van der Waals surface area contributed by atoms with E-state index in [1.54, 1.807) is 0 Å². The van der Waals surface area contributed by atoms with Gasteiger partial charge in [0.25, 0.3) is 0 Å². The van der Waals surface area contributed by atoms with Crippen molar-refractivity contribution in [3.8, 4) is 0 Å². The molecular weight excluding hydrogens is 212 g/mol. The molecule has 0 bridgehead atoms. The molecular formula is C14H20N2O. The average molecular weight is 232 g/mol. The summed E-state index contributed by atoms with van der Waals surface area (Å²) in [6.45, 7) is 3.20. The fourth-order valence-corrected chi connectivity index (χ4v) is 2.44. The Hall–Kier alpha value is -1.35. The number of likely N-dealkylation sites (tertiary alicyclic amines) is 1. The first-order valence-corrected chi connectivity index (χ1v) is 6.29. The molecule has 2 unspecified atom stereocenters. The Balaban J connectivity index is 2.15. The SMILES string of the molecule is CC(CN)C(=O)N1CCCC1c1ccccc1. The number of carbonyl (C=O) groups is 1. The van der Waals surface area contributed by atoms with Gasteiger partial charge in [0, 0.05) is 19.0 Å². The second-order valence-electron chi connectivity index (χ2n) is 4.74. The van der Waals surface area contributed by atoms with Gasteiger partial charge in [0.15, 0.2) is 0 Å². The molecule has 1 heterocycles. The van der Waals surface area contributed by atoms with Crippen molar-refractivity contribution < 1.29 is 4.79 Å². The third kappa shape index (κ3) is 2.50. The summed E-state index contributed by atoms with van der Waals surface area (Å²) in [6.07, 6.45) is 2.15. The summed E-state index contributed by atoms with van der Waals surface area (Å²) >= 11 is 0. The number of amides is 1. The molecule has 1 aromatic carbocycles. The normalized spacial score (nSPS) is 21.5. The molecule has 1 saturated heterocycles. The molecule has 0 radical (unpaired) electrons. The first kappa shape index (κ1) is 12.1. The van der Waals surface area contributed by atoms with E-state index in [1.165, 1.54) is 5.56 Å². The Morgan fingerprint density at radius 3 is 2.82 bits per heavy atom. The summed E-state index contributed by atoms with van der Waals surface area (Å²) in [5.41, 5.74) is 6.82. The van der Waals surface area contributed by atoms with Crippen LogP contribution in [0.5, 0.6) is 0 Å². The molecule has 0 spiro atoms. The fourth-order valence-electron chi connectivity index (χ4n) is 2.44. The van der Waals surface area contributed by atoms with Gasteiger partial charge in [-0.25, -0.2) is 0 Å². The van der Waals surface area contributed by atoms with Crippen molar-refractivity contribution >= 4 is 5.91 Å². The van der Waals surface area contributed by atoms with Gasteiger partial charge < -0.3 is 10.6 Å². The molecule has 92 valence electrons. The quantitative estimate of drug-likeness (QED) is 0.865. The Morgan fingerprint density at radius 1 is 1.47 bits per heavy atom. The standard InChI is InChI=1S/C14H20N2O/c1-11(10-15)14(17)16-9-5-8-13(16)12-6-3-2-4-7-12/h2-4,6-7,11,13H,5,8-10,15H2,1H3. The number of rotatable bonds is 3. The Morgan fingerprint density at radius 2 is 2.18 bits per heavy atom. The minimum absolute atomic E-state index is 0.0701. The zero-order valence-corrected chi connectivity index (χ0v) is 10.3. The number of nitrogens with zero attached hydrogens (tertiary/aromatic N) is 1. The molecule has 2 atom stereocenters. The van der Waals surface area contributed by atoms with Crippen molar-refractivity contribution in [3.63, 3.8) is 0 Å². The number of hydrogen-bond donors (Lipinski definition) is 1. The van der Waals surface area contributed by atoms with Crippen LogP contribution in [0, 0.1) is 5.92 Å². The van der Waals surface area contributed by atoms with Crippen molar-refractivity contribution in [2.24, 2.45) is 11.7 Å². The number of benzene rings is 1. The Bertz CT molecular complexity index is 377. The molecule has 3 heteroatoms. The molecule has 0 saturated carbocycles. The minimum atomic E-state index is -0.0701. The summed E-state index contributed by atoms with van der Waals surface area (Å²) in [5.74, 6) is 0.123. The highest BCUT2D eigenvalue weighted by atomic mass is 16.2. The van der Waals surface area contributed by atoms with Gasteiger partial charge in [-0.2, -0.15) is 0 Å². The molecule has 1 aromatic rings. The maximum absolute atomic E-state index is 12.2. The van der Waals surface area contributed by atoms with Crippen LogP contribution in [0.25, 0.3) is 0 Å². The summed E-state index contributed by atoms with van der Waals surface area (Å²) in [7, 11) is 0. The summed E-state index contributed by atoms with van der Waals surface area (Å²) < 4.78 is 0. The topological polar surface area (TPSA) is 46.3 Å². The van der Waals surface area contributed by atoms with Crippen LogP contribution in [0.4, 0.5) is 0 Å². The molecule has 1 aliphatic heterocycles. The van der Waals surface area contributed by atoms with Gasteiger partial charge in [-0.3, -0.25) is 4.79 Å². The maximum atomic E-state index is 12.2. The lowest BCUT2D eigenvalue weighted by molar-refractivity contribution is -0.135. The molecule has 0 aromatic heterocycles. The zero-order chi connectivity index (χ0) is 12.3. The van der Waals surface area contributed by atoms with Gasteiger partial charge in [0.2, 0.25) is 5.91 Å². The Labute approximate surface area is 103 Å². The molecule has 1 amide bonds. The smallest absolute Gasteiger partial charge is 0.227 e. The molecule has 3 nitrogen and oxygen atoms in total. The van der Waals surface area contributed by atoms with E-state index in [9.17, 15) is 4.79 Å². The van der Waals surface area contributed by atoms with Gasteiger partial charge >= 0.3 is 0 Å². The molecule has 17 heavy (non-hydrogen) atoms. The van der Waals surface area contributed by atoms with E-state index >= 15 is 0 Å². The lowest BCUT2D eigenvalue weighted by atomic mass is 10.0. The van der Waals surface area contributed by atoms with E-state index in [0.29, 0.717) is 6.54 Å². The van der Waals surface area contributed by atoms with Crippen molar-refractivity contribution in [3.05, 3.63) is 35.9 Å². The molecule has 2 N–H and O–H groups in total. The molecule has 1 fully saturated rings. The van der Waals surface area contributed by atoms with E-state index in [0.717, 1.165) is 19.4 Å². The van der Waals surface area contributed by atoms with Gasteiger partial charge in [-0.15, -0.1) is 0 Å². The third-order valence-corrected chi connectivity index (χ3v) is 3.50. The second-order valence-corrected chi connectivity index (χ2v) is 4.74. The van der Waals surface area contributed by atoms with E-state index in [1.807, 2.05) is 30.0 Å². The van der Waals surface area contributed by atoms with Crippen LogP contribution in [0.2, 0.25) is 0 Å². The van der Waals surface area contributed by atoms with Crippen molar-refractivity contribution in [1.29, 1.82) is 0 Å². The van der Waals surface area contributed by atoms with Crippen LogP contribution in [0.15, 0.2) is 30.3 Å².